The third kappa shape index (κ3) is 9.12. The fourth-order valence-corrected chi connectivity index (χ4v) is 3.58. The lowest BCUT2D eigenvalue weighted by molar-refractivity contribution is -0.149. The number of ether oxygens (including phenoxy) is 4. The monoisotopic (exact) mass is 530 g/mol. The van der Waals surface area contributed by atoms with E-state index in [0.717, 1.165) is 32.7 Å². The van der Waals surface area contributed by atoms with Crippen LogP contribution in [0.4, 0.5) is 0 Å². The number of allylic oxidation sites excluding steroid dienone is 1. The van der Waals surface area contributed by atoms with Crippen LogP contribution < -0.4 is 14.2 Å². The summed E-state index contributed by atoms with van der Waals surface area (Å²) in [4.78, 5) is 11.3. The van der Waals surface area contributed by atoms with E-state index < -0.39 is 12.1 Å². The number of halogens is 1. The van der Waals surface area contributed by atoms with E-state index in [4.69, 9.17) is 18.9 Å². The van der Waals surface area contributed by atoms with Gasteiger partial charge >= 0.3 is 5.97 Å². The third-order valence-electron chi connectivity index (χ3n) is 4.60. The number of hydrogen-bond acceptors (Lipinski definition) is 5. The molecule has 2 aromatic carbocycles. The first-order valence-electron chi connectivity index (χ1n) is 11.2. The summed E-state index contributed by atoms with van der Waals surface area (Å²) in [5, 5.41) is 9.26. The Bertz CT molecular complexity index is 1030. The summed E-state index contributed by atoms with van der Waals surface area (Å²) in [5.74, 6) is 7.42. The van der Waals surface area contributed by atoms with Crippen molar-refractivity contribution in [3.8, 4) is 29.1 Å². The van der Waals surface area contributed by atoms with E-state index >= 15 is 0 Å². The average Bonchev–Trinajstić information content (AvgIpc) is 2.79. The second kappa shape index (κ2) is 14.3. The maximum absolute atomic E-state index is 11.3. The van der Waals surface area contributed by atoms with Gasteiger partial charge in [0.25, 0.3) is 0 Å². The van der Waals surface area contributed by atoms with Crippen LogP contribution in [0, 0.1) is 11.8 Å². The van der Waals surface area contributed by atoms with Gasteiger partial charge in [0.05, 0.1) is 17.7 Å². The summed E-state index contributed by atoms with van der Waals surface area (Å²) in [5.41, 5.74) is 2.53. The Hall–Kier alpha value is -2.95. The van der Waals surface area contributed by atoms with Gasteiger partial charge in [-0.15, -0.1) is 0 Å². The number of carbonyl (C=O) groups is 1. The van der Waals surface area contributed by atoms with Crippen molar-refractivity contribution in [3.05, 3.63) is 63.6 Å². The lowest BCUT2D eigenvalue weighted by atomic mass is 10.1. The maximum atomic E-state index is 11.3. The molecule has 1 unspecified atom stereocenters. The summed E-state index contributed by atoms with van der Waals surface area (Å²) in [6, 6.07) is 11.1. The number of aliphatic carboxylic acids is 1. The third-order valence-corrected chi connectivity index (χ3v) is 5.21. The normalized spacial score (nSPS) is 11.9. The molecule has 0 aliphatic rings. The molecule has 0 amide bonds. The minimum Gasteiger partial charge on any atom is -0.494 e. The molecule has 34 heavy (non-hydrogen) atoms. The topological polar surface area (TPSA) is 74.2 Å². The molecule has 0 saturated carbocycles. The molecule has 0 aromatic heterocycles. The van der Waals surface area contributed by atoms with Crippen molar-refractivity contribution in [2.24, 2.45) is 0 Å². The van der Waals surface area contributed by atoms with Crippen LogP contribution in [-0.2, 0) is 16.0 Å². The van der Waals surface area contributed by atoms with Gasteiger partial charge in [-0.05, 0) is 85.1 Å². The van der Waals surface area contributed by atoms with Crippen molar-refractivity contribution < 1.29 is 28.8 Å². The molecule has 0 heterocycles. The first-order chi connectivity index (χ1) is 16.4. The molecule has 182 valence electrons. The van der Waals surface area contributed by atoms with Crippen LogP contribution in [0.2, 0.25) is 0 Å². The van der Waals surface area contributed by atoms with Crippen LogP contribution in [-0.4, -0.2) is 43.6 Å². The molecule has 1 atom stereocenters. The number of carboxylic acid groups (broad SMARTS) is 1. The fraction of sp³-hybridized carbons (Fsp3) is 0.370. The van der Waals surface area contributed by atoms with Crippen molar-refractivity contribution in [1.82, 2.24) is 0 Å². The highest BCUT2D eigenvalue weighted by molar-refractivity contribution is 9.10. The molecule has 0 radical (unpaired) electrons. The van der Waals surface area contributed by atoms with E-state index in [1.165, 1.54) is 0 Å². The van der Waals surface area contributed by atoms with Crippen molar-refractivity contribution in [3.63, 3.8) is 0 Å². The molecule has 7 heteroatoms. The molecule has 2 rings (SSSR count). The Balaban J connectivity index is 2.01. The standard InChI is InChI=1S/C27H31BrO6/c1-5-31-22-14-20(15-23(18-22)32-6-2)9-8-19(4)12-13-34-25-11-10-21(16-24(25)28)17-26(27(29)30)33-7-3/h10-12,14-16,18,26H,5-7,13,17H2,1-4H3,(H,29,30). The fourth-order valence-electron chi connectivity index (χ4n) is 3.04. The second-order valence-electron chi connectivity index (χ2n) is 7.26. The molecule has 1 N–H and O–H groups in total. The van der Waals surface area contributed by atoms with Gasteiger partial charge in [-0.1, -0.05) is 17.9 Å². The zero-order chi connectivity index (χ0) is 24.9. The number of hydrogen-bond donors (Lipinski definition) is 1. The highest BCUT2D eigenvalue weighted by Gasteiger charge is 2.18. The van der Waals surface area contributed by atoms with Crippen LogP contribution in [0.25, 0.3) is 0 Å². The molecule has 0 aliphatic heterocycles. The van der Waals surface area contributed by atoms with Crippen molar-refractivity contribution in [1.29, 1.82) is 0 Å². The minimum absolute atomic E-state index is 0.284. The number of benzene rings is 2. The minimum atomic E-state index is -0.973. The van der Waals surface area contributed by atoms with Crippen LogP contribution in [0.1, 0.15) is 38.8 Å². The van der Waals surface area contributed by atoms with Gasteiger partial charge in [0.1, 0.15) is 23.9 Å². The van der Waals surface area contributed by atoms with Gasteiger partial charge < -0.3 is 24.1 Å². The number of rotatable bonds is 12. The first-order valence-corrected chi connectivity index (χ1v) is 12.0. The van der Waals surface area contributed by atoms with E-state index in [-0.39, 0.29) is 6.42 Å². The molecular formula is C27H31BrO6. The first kappa shape index (κ1) is 27.3. The molecule has 6 nitrogen and oxygen atoms in total. The van der Waals surface area contributed by atoms with Crippen LogP contribution in [0.15, 0.2) is 52.5 Å². The Labute approximate surface area is 210 Å². The zero-order valence-electron chi connectivity index (χ0n) is 20.0. The predicted octanol–water partition coefficient (Wildman–Crippen LogP) is 5.66. The molecule has 0 aliphatic carbocycles. The summed E-state index contributed by atoms with van der Waals surface area (Å²) in [7, 11) is 0. The van der Waals surface area contributed by atoms with E-state index in [9.17, 15) is 9.90 Å². The van der Waals surface area contributed by atoms with Gasteiger partial charge in [-0.25, -0.2) is 4.79 Å². The molecule has 0 bridgehead atoms. The van der Waals surface area contributed by atoms with E-state index in [2.05, 4.69) is 27.8 Å². The Morgan fingerprint density at radius 2 is 1.71 bits per heavy atom. The average molecular weight is 531 g/mol. The molecule has 2 aromatic rings. The predicted molar refractivity (Wildman–Crippen MR) is 136 cm³/mol. The summed E-state index contributed by atoms with van der Waals surface area (Å²) < 4.78 is 23.1. The highest BCUT2D eigenvalue weighted by Crippen LogP contribution is 2.27. The summed E-state index contributed by atoms with van der Waals surface area (Å²) >= 11 is 3.49. The van der Waals surface area contributed by atoms with Crippen LogP contribution >= 0.6 is 15.9 Å². The smallest absolute Gasteiger partial charge is 0.333 e. The van der Waals surface area contributed by atoms with Gasteiger partial charge in [0.15, 0.2) is 6.10 Å². The molecular weight excluding hydrogens is 500 g/mol. The highest BCUT2D eigenvalue weighted by atomic mass is 79.9. The summed E-state index contributed by atoms with van der Waals surface area (Å²) in [6.45, 7) is 9.40. The summed E-state index contributed by atoms with van der Waals surface area (Å²) in [6.07, 6.45) is 1.32. The van der Waals surface area contributed by atoms with Gasteiger partial charge in [-0.2, -0.15) is 0 Å². The van der Waals surface area contributed by atoms with Gasteiger partial charge in [0, 0.05) is 24.7 Å². The lowest BCUT2D eigenvalue weighted by Crippen LogP contribution is -2.26. The molecule has 0 spiro atoms. The van der Waals surface area contributed by atoms with Gasteiger partial charge in [0.2, 0.25) is 0 Å². The van der Waals surface area contributed by atoms with Crippen LogP contribution in [0.3, 0.4) is 0 Å². The van der Waals surface area contributed by atoms with Crippen molar-refractivity contribution >= 4 is 21.9 Å². The van der Waals surface area contributed by atoms with E-state index in [0.29, 0.717) is 32.2 Å². The van der Waals surface area contributed by atoms with Crippen molar-refractivity contribution in [2.45, 2.75) is 40.2 Å². The van der Waals surface area contributed by atoms with E-state index in [1.54, 1.807) is 6.92 Å². The molecule has 0 fully saturated rings. The molecule has 0 saturated heterocycles. The zero-order valence-corrected chi connectivity index (χ0v) is 21.6. The Morgan fingerprint density at radius 3 is 2.26 bits per heavy atom. The maximum Gasteiger partial charge on any atom is 0.333 e. The van der Waals surface area contributed by atoms with Gasteiger partial charge in [-0.3, -0.25) is 0 Å². The van der Waals surface area contributed by atoms with Crippen molar-refractivity contribution in [2.75, 3.05) is 26.4 Å². The van der Waals surface area contributed by atoms with Crippen LogP contribution in [0.5, 0.6) is 17.2 Å². The SMILES string of the molecule is CCOc1cc(C#CC(C)=CCOc2ccc(CC(OCC)C(=O)O)cc2Br)cc(OCC)c1. The Kier molecular flexibility index (Phi) is 11.5. The Morgan fingerprint density at radius 1 is 1.03 bits per heavy atom. The lowest BCUT2D eigenvalue weighted by Gasteiger charge is -2.13. The number of carboxylic acids is 1. The second-order valence-corrected chi connectivity index (χ2v) is 8.11. The largest absolute Gasteiger partial charge is 0.494 e. The van der Waals surface area contributed by atoms with E-state index in [1.807, 2.05) is 63.2 Å². The quantitative estimate of drug-likeness (QED) is 0.357.